The molecule has 0 spiro atoms. The summed E-state index contributed by atoms with van der Waals surface area (Å²) in [4.78, 5) is 12.9. The highest BCUT2D eigenvalue weighted by molar-refractivity contribution is 7.89. The molecule has 0 fully saturated rings. The molecule has 0 amide bonds. The Kier molecular flexibility index (Phi) is 5.12. The molecule has 0 unspecified atom stereocenters. The van der Waals surface area contributed by atoms with E-state index in [0.717, 1.165) is 22.3 Å². The number of rotatable bonds is 4. The van der Waals surface area contributed by atoms with E-state index in [9.17, 15) is 13.2 Å². The van der Waals surface area contributed by atoms with Crippen LogP contribution in [0.25, 0.3) is 5.57 Å². The average molecular weight is 369 g/mol. The van der Waals surface area contributed by atoms with Crippen molar-refractivity contribution in [2.24, 2.45) is 5.92 Å². The lowest BCUT2D eigenvalue weighted by Crippen LogP contribution is -2.44. The lowest BCUT2D eigenvalue weighted by atomic mass is 9.79. The Morgan fingerprint density at radius 3 is 2.19 bits per heavy atom. The van der Waals surface area contributed by atoms with Crippen molar-refractivity contribution in [1.82, 2.24) is 4.72 Å². The summed E-state index contributed by atoms with van der Waals surface area (Å²) in [5.74, 6) is -0.408. The number of benzene rings is 2. The second kappa shape index (κ2) is 7.17. The number of allylic oxidation sites excluding steroid dienone is 1. The zero-order chi connectivity index (χ0) is 18.9. The van der Waals surface area contributed by atoms with E-state index in [1.807, 2.05) is 44.2 Å². The van der Waals surface area contributed by atoms with Crippen LogP contribution in [0.1, 0.15) is 31.4 Å². The van der Waals surface area contributed by atoms with Gasteiger partial charge < -0.3 is 0 Å². The molecule has 0 bridgehead atoms. The van der Waals surface area contributed by atoms with Crippen molar-refractivity contribution in [3.63, 3.8) is 0 Å². The smallest absolute Gasteiger partial charge is 0.240 e. The van der Waals surface area contributed by atoms with Gasteiger partial charge in [0.2, 0.25) is 10.0 Å². The monoisotopic (exact) mass is 369 g/mol. The van der Waals surface area contributed by atoms with Gasteiger partial charge in [-0.15, -0.1) is 0 Å². The SMILES string of the molecule is CC1=C(c2ccccc2)C[C@H](NS(=O)(=O)c2ccc(C)cc2)[C@@H](C)C1=O. The fraction of sp³-hybridized carbons (Fsp3) is 0.286. The third-order valence-corrected chi connectivity index (χ3v) is 6.53. The third kappa shape index (κ3) is 3.64. The molecule has 2 aromatic carbocycles. The van der Waals surface area contributed by atoms with Crippen LogP contribution in [-0.4, -0.2) is 20.2 Å². The van der Waals surface area contributed by atoms with E-state index in [1.54, 1.807) is 31.2 Å². The Labute approximate surface area is 155 Å². The molecule has 136 valence electrons. The number of sulfonamides is 1. The van der Waals surface area contributed by atoms with E-state index in [2.05, 4.69) is 4.72 Å². The standard InChI is InChI=1S/C21H23NO3S/c1-14-9-11-18(12-10-14)26(24,25)22-20-13-19(15(2)21(23)16(20)3)17-7-5-4-6-8-17/h4-12,16,20,22H,13H2,1-3H3/t16-,20+/m1/s1. The summed E-state index contributed by atoms with van der Waals surface area (Å²) in [6.07, 6.45) is 0.494. The average Bonchev–Trinajstić information content (AvgIpc) is 2.63. The van der Waals surface area contributed by atoms with Crippen molar-refractivity contribution in [3.05, 3.63) is 71.3 Å². The number of hydrogen-bond donors (Lipinski definition) is 1. The maximum atomic E-state index is 12.8. The number of aryl methyl sites for hydroxylation is 1. The van der Waals surface area contributed by atoms with Crippen LogP contribution in [0.5, 0.6) is 0 Å². The van der Waals surface area contributed by atoms with Crippen molar-refractivity contribution in [2.75, 3.05) is 0 Å². The van der Waals surface area contributed by atoms with Gasteiger partial charge in [0.05, 0.1) is 4.90 Å². The van der Waals surface area contributed by atoms with Crippen LogP contribution in [-0.2, 0) is 14.8 Å². The van der Waals surface area contributed by atoms with Crippen molar-refractivity contribution in [1.29, 1.82) is 0 Å². The summed E-state index contributed by atoms with van der Waals surface area (Å²) < 4.78 is 28.2. The minimum absolute atomic E-state index is 0.00768. The van der Waals surface area contributed by atoms with Crippen LogP contribution >= 0.6 is 0 Å². The van der Waals surface area contributed by atoms with Gasteiger partial charge in [0.25, 0.3) is 0 Å². The molecule has 5 heteroatoms. The number of carbonyl (C=O) groups is 1. The van der Waals surface area contributed by atoms with E-state index >= 15 is 0 Å². The minimum Gasteiger partial charge on any atom is -0.294 e. The molecular formula is C21H23NO3S. The molecule has 2 atom stereocenters. The molecule has 2 aromatic rings. The fourth-order valence-electron chi connectivity index (χ4n) is 3.32. The Hall–Kier alpha value is -2.24. The van der Waals surface area contributed by atoms with Crippen LogP contribution in [0.4, 0.5) is 0 Å². The van der Waals surface area contributed by atoms with E-state index < -0.39 is 22.0 Å². The van der Waals surface area contributed by atoms with Gasteiger partial charge in [-0.1, -0.05) is 55.0 Å². The van der Waals surface area contributed by atoms with Gasteiger partial charge in [0.15, 0.2) is 5.78 Å². The lowest BCUT2D eigenvalue weighted by Gasteiger charge is -2.31. The predicted octanol–water partition coefficient (Wildman–Crippen LogP) is 3.72. The van der Waals surface area contributed by atoms with Gasteiger partial charge in [0, 0.05) is 12.0 Å². The fourth-order valence-corrected chi connectivity index (χ4v) is 4.64. The largest absolute Gasteiger partial charge is 0.294 e. The van der Waals surface area contributed by atoms with Crippen molar-refractivity contribution in [2.45, 2.75) is 38.1 Å². The minimum atomic E-state index is -3.68. The molecule has 0 saturated heterocycles. The maximum absolute atomic E-state index is 12.8. The summed E-state index contributed by atoms with van der Waals surface area (Å²) in [5.41, 5.74) is 3.58. The number of ketones is 1. The summed E-state index contributed by atoms with van der Waals surface area (Å²) in [6.45, 7) is 5.52. The Bertz CT molecular complexity index is 945. The van der Waals surface area contributed by atoms with Gasteiger partial charge in [-0.05, 0) is 49.1 Å². The van der Waals surface area contributed by atoms with E-state index in [4.69, 9.17) is 0 Å². The molecule has 4 nitrogen and oxygen atoms in total. The highest BCUT2D eigenvalue weighted by atomic mass is 32.2. The first-order valence-electron chi connectivity index (χ1n) is 8.68. The third-order valence-electron chi connectivity index (χ3n) is 5.02. The Morgan fingerprint density at radius 2 is 1.58 bits per heavy atom. The highest BCUT2D eigenvalue weighted by Gasteiger charge is 2.35. The molecule has 3 rings (SSSR count). The van der Waals surface area contributed by atoms with E-state index in [-0.39, 0.29) is 10.7 Å². The van der Waals surface area contributed by atoms with Crippen LogP contribution in [0, 0.1) is 12.8 Å². The summed E-state index contributed by atoms with van der Waals surface area (Å²) in [6, 6.07) is 15.9. The summed E-state index contributed by atoms with van der Waals surface area (Å²) in [7, 11) is -3.68. The second-order valence-electron chi connectivity index (χ2n) is 6.87. The van der Waals surface area contributed by atoms with Gasteiger partial charge in [-0.3, -0.25) is 4.79 Å². The maximum Gasteiger partial charge on any atom is 0.240 e. The van der Waals surface area contributed by atoms with Gasteiger partial charge in [-0.2, -0.15) is 0 Å². The number of nitrogens with one attached hydrogen (secondary N) is 1. The van der Waals surface area contributed by atoms with Crippen LogP contribution in [0.15, 0.2) is 65.1 Å². The molecule has 26 heavy (non-hydrogen) atoms. The highest BCUT2D eigenvalue weighted by Crippen LogP contribution is 2.34. The van der Waals surface area contributed by atoms with E-state index in [0.29, 0.717) is 6.42 Å². The number of carbonyl (C=O) groups excluding carboxylic acids is 1. The zero-order valence-corrected chi connectivity index (χ0v) is 16.0. The normalized spacial score (nSPS) is 21.1. The lowest BCUT2D eigenvalue weighted by molar-refractivity contribution is -0.119. The van der Waals surface area contributed by atoms with Crippen LogP contribution < -0.4 is 4.72 Å². The quantitative estimate of drug-likeness (QED) is 0.893. The molecule has 0 saturated carbocycles. The molecule has 0 aliphatic heterocycles. The summed E-state index contributed by atoms with van der Waals surface area (Å²) in [5, 5.41) is 0. The molecule has 0 aromatic heterocycles. The molecule has 1 N–H and O–H groups in total. The van der Waals surface area contributed by atoms with Gasteiger partial charge in [0.1, 0.15) is 0 Å². The Balaban J connectivity index is 1.91. The topological polar surface area (TPSA) is 63.2 Å². The number of Topliss-reactive ketones (excluding diaryl/α,β-unsaturated/α-hetero) is 1. The van der Waals surface area contributed by atoms with Crippen molar-refractivity contribution >= 4 is 21.4 Å². The number of hydrogen-bond acceptors (Lipinski definition) is 3. The summed E-state index contributed by atoms with van der Waals surface area (Å²) >= 11 is 0. The first-order chi connectivity index (χ1) is 12.3. The molecule has 0 radical (unpaired) electrons. The van der Waals surface area contributed by atoms with E-state index in [1.165, 1.54) is 0 Å². The first kappa shape index (κ1) is 18.5. The van der Waals surface area contributed by atoms with Crippen molar-refractivity contribution in [3.8, 4) is 0 Å². The van der Waals surface area contributed by atoms with Crippen LogP contribution in [0.3, 0.4) is 0 Å². The van der Waals surface area contributed by atoms with Gasteiger partial charge >= 0.3 is 0 Å². The van der Waals surface area contributed by atoms with Crippen molar-refractivity contribution < 1.29 is 13.2 Å². The second-order valence-corrected chi connectivity index (χ2v) is 8.58. The molecule has 1 aliphatic rings. The Morgan fingerprint density at radius 1 is 0.962 bits per heavy atom. The predicted molar refractivity (Wildman–Crippen MR) is 103 cm³/mol. The first-order valence-corrected chi connectivity index (χ1v) is 10.2. The van der Waals surface area contributed by atoms with Crippen LogP contribution in [0.2, 0.25) is 0 Å². The molecule has 0 heterocycles. The molecular weight excluding hydrogens is 346 g/mol. The van der Waals surface area contributed by atoms with Gasteiger partial charge in [-0.25, -0.2) is 13.1 Å². The molecule has 1 aliphatic carbocycles. The zero-order valence-electron chi connectivity index (χ0n) is 15.2.